The van der Waals surface area contributed by atoms with Crippen molar-refractivity contribution in [1.29, 1.82) is 0 Å². The van der Waals surface area contributed by atoms with Gasteiger partial charge >= 0.3 is 0 Å². The van der Waals surface area contributed by atoms with Crippen molar-refractivity contribution in [3.63, 3.8) is 0 Å². The number of nitrogens with zero attached hydrogens (tertiary/aromatic N) is 1. The van der Waals surface area contributed by atoms with Gasteiger partial charge in [0.25, 0.3) is 10.0 Å². The number of sulfonamides is 1. The van der Waals surface area contributed by atoms with Gasteiger partial charge in [0.2, 0.25) is 0 Å². The van der Waals surface area contributed by atoms with Crippen molar-refractivity contribution in [2.45, 2.75) is 31.1 Å². The molecule has 0 saturated carbocycles. The van der Waals surface area contributed by atoms with Crippen molar-refractivity contribution in [1.82, 2.24) is 4.83 Å². The molecule has 7 heteroatoms. The normalized spacial score (nSPS) is 15.7. The number of hydrogen-bond acceptors (Lipinski definition) is 4. The monoisotopic (exact) mass is 422 g/mol. The first-order valence-electron chi connectivity index (χ1n) is 7.92. The van der Waals surface area contributed by atoms with E-state index in [4.69, 9.17) is 4.74 Å². The highest BCUT2D eigenvalue weighted by molar-refractivity contribution is 9.10. The zero-order valence-corrected chi connectivity index (χ0v) is 16.4. The van der Waals surface area contributed by atoms with Crippen LogP contribution < -0.4 is 9.57 Å². The summed E-state index contributed by atoms with van der Waals surface area (Å²) in [4.78, 5) is 2.57. The van der Waals surface area contributed by atoms with Gasteiger partial charge in [-0.25, -0.2) is 0 Å². The third-order valence-electron chi connectivity index (χ3n) is 4.18. The van der Waals surface area contributed by atoms with E-state index in [-0.39, 0.29) is 4.90 Å². The molecule has 0 heterocycles. The number of rotatable bonds is 4. The van der Waals surface area contributed by atoms with Crippen LogP contribution in [-0.4, -0.2) is 21.2 Å². The van der Waals surface area contributed by atoms with Gasteiger partial charge in [-0.05, 0) is 71.9 Å². The maximum atomic E-state index is 12.4. The average molecular weight is 423 g/mol. The van der Waals surface area contributed by atoms with Gasteiger partial charge in [-0.1, -0.05) is 17.7 Å². The molecule has 0 aliphatic heterocycles. The van der Waals surface area contributed by atoms with Crippen molar-refractivity contribution in [3.8, 4) is 5.75 Å². The molecule has 1 aliphatic carbocycles. The Balaban J connectivity index is 1.91. The molecule has 0 saturated heterocycles. The molecule has 0 atom stereocenters. The Morgan fingerprint density at radius 1 is 1.16 bits per heavy atom. The minimum Gasteiger partial charge on any atom is -0.496 e. The molecule has 0 radical (unpaired) electrons. The smallest absolute Gasteiger partial charge is 0.276 e. The molecule has 5 nitrogen and oxygen atoms in total. The lowest BCUT2D eigenvalue weighted by atomic mass is 9.90. The van der Waals surface area contributed by atoms with Gasteiger partial charge in [0, 0.05) is 5.56 Å². The van der Waals surface area contributed by atoms with Gasteiger partial charge in [0.1, 0.15) is 5.75 Å². The number of hydrazone groups is 1. The SMILES string of the molecule is COc1cc2c(cc1Br)/C(=N/NS(=O)(=O)c1ccc(C)cc1)CCC2. The number of halogens is 1. The van der Waals surface area contributed by atoms with Gasteiger partial charge in [-0.15, -0.1) is 0 Å². The topological polar surface area (TPSA) is 67.8 Å². The Labute approximate surface area is 156 Å². The molecule has 0 fully saturated rings. The molecule has 3 rings (SSSR count). The molecule has 132 valence electrons. The molecule has 2 aromatic carbocycles. The van der Waals surface area contributed by atoms with Crippen LogP contribution >= 0.6 is 15.9 Å². The van der Waals surface area contributed by atoms with E-state index in [1.807, 2.05) is 19.1 Å². The van der Waals surface area contributed by atoms with Crippen molar-refractivity contribution in [3.05, 3.63) is 57.6 Å². The molecule has 0 spiro atoms. The molecule has 0 aromatic heterocycles. The predicted molar refractivity (Wildman–Crippen MR) is 102 cm³/mol. The zero-order valence-electron chi connectivity index (χ0n) is 14.0. The van der Waals surface area contributed by atoms with Gasteiger partial charge < -0.3 is 4.74 Å². The van der Waals surface area contributed by atoms with Crippen LogP contribution in [0.3, 0.4) is 0 Å². The van der Waals surface area contributed by atoms with E-state index in [2.05, 4.69) is 25.9 Å². The molecule has 1 N–H and O–H groups in total. The third kappa shape index (κ3) is 3.88. The van der Waals surface area contributed by atoms with Crippen molar-refractivity contribution in [2.75, 3.05) is 7.11 Å². The Bertz CT molecular complexity index is 922. The fourth-order valence-corrected chi connectivity index (χ4v) is 4.15. The van der Waals surface area contributed by atoms with Gasteiger partial charge in [-0.3, -0.25) is 0 Å². The zero-order chi connectivity index (χ0) is 18.0. The first kappa shape index (κ1) is 17.9. The summed E-state index contributed by atoms with van der Waals surface area (Å²) in [5, 5.41) is 4.21. The average Bonchev–Trinajstić information content (AvgIpc) is 2.60. The second-order valence-electron chi connectivity index (χ2n) is 5.96. The predicted octanol–water partition coefficient (Wildman–Crippen LogP) is 3.79. The molecule has 1 aliphatic rings. The molecule has 0 unspecified atom stereocenters. The van der Waals surface area contributed by atoms with Gasteiger partial charge in [0.15, 0.2) is 0 Å². The molecule has 0 amide bonds. The van der Waals surface area contributed by atoms with Crippen LogP contribution in [0.1, 0.15) is 29.5 Å². The third-order valence-corrected chi connectivity index (χ3v) is 6.02. The number of methoxy groups -OCH3 is 1. The second-order valence-corrected chi connectivity index (χ2v) is 8.48. The van der Waals surface area contributed by atoms with Crippen molar-refractivity contribution in [2.24, 2.45) is 5.10 Å². The van der Waals surface area contributed by atoms with Crippen LogP contribution in [0.5, 0.6) is 5.75 Å². The van der Waals surface area contributed by atoms with Gasteiger partial charge in [0.05, 0.1) is 22.2 Å². The molecule has 25 heavy (non-hydrogen) atoms. The number of fused-ring (bicyclic) bond motifs is 1. The Morgan fingerprint density at radius 2 is 1.88 bits per heavy atom. The number of nitrogens with one attached hydrogen (secondary N) is 1. The summed E-state index contributed by atoms with van der Waals surface area (Å²) in [5.41, 5.74) is 3.80. The summed E-state index contributed by atoms with van der Waals surface area (Å²) < 4.78 is 31.0. The first-order valence-corrected chi connectivity index (χ1v) is 10.2. The van der Waals surface area contributed by atoms with Crippen LogP contribution in [0.25, 0.3) is 0 Å². The summed E-state index contributed by atoms with van der Waals surface area (Å²) in [7, 11) is -2.05. The second kappa shape index (κ2) is 7.17. The Kier molecular flexibility index (Phi) is 5.15. The molecule has 2 aromatic rings. The summed E-state index contributed by atoms with van der Waals surface area (Å²) in [6.45, 7) is 1.91. The molecule has 0 bridgehead atoms. The van der Waals surface area contributed by atoms with Crippen LogP contribution in [0.15, 0.2) is 50.9 Å². The number of ether oxygens (including phenoxy) is 1. The quantitative estimate of drug-likeness (QED) is 0.762. The number of benzene rings is 2. The van der Waals surface area contributed by atoms with E-state index in [9.17, 15) is 8.42 Å². The van der Waals surface area contributed by atoms with Crippen LogP contribution in [0.4, 0.5) is 0 Å². The maximum absolute atomic E-state index is 12.4. The lowest BCUT2D eigenvalue weighted by Gasteiger charge is -2.19. The Morgan fingerprint density at radius 3 is 2.56 bits per heavy atom. The minimum absolute atomic E-state index is 0.203. The molecular weight excluding hydrogens is 404 g/mol. The fraction of sp³-hybridized carbons (Fsp3) is 0.278. The Hall–Kier alpha value is -1.86. The van der Waals surface area contributed by atoms with Crippen LogP contribution in [-0.2, 0) is 16.4 Å². The van der Waals surface area contributed by atoms with E-state index in [1.54, 1.807) is 31.4 Å². The maximum Gasteiger partial charge on any atom is 0.276 e. The lowest BCUT2D eigenvalue weighted by molar-refractivity contribution is 0.411. The number of hydrogen-bond donors (Lipinski definition) is 1. The summed E-state index contributed by atoms with van der Waals surface area (Å²) in [5.74, 6) is 0.764. The highest BCUT2D eigenvalue weighted by Crippen LogP contribution is 2.32. The summed E-state index contributed by atoms with van der Waals surface area (Å²) in [6, 6.07) is 10.6. The molecular formula is C18H19BrN2O3S. The first-order chi connectivity index (χ1) is 11.9. The highest BCUT2D eigenvalue weighted by atomic mass is 79.9. The standard InChI is InChI=1S/C18H19BrN2O3S/c1-12-6-8-14(9-7-12)25(22,23)21-20-17-5-3-4-13-10-18(24-2)16(19)11-15(13)17/h6-11,21H,3-5H2,1-2H3/b20-17+. The minimum atomic E-state index is -3.68. The van der Waals surface area contributed by atoms with E-state index in [1.165, 1.54) is 0 Å². The van der Waals surface area contributed by atoms with Crippen LogP contribution in [0, 0.1) is 6.92 Å². The summed E-state index contributed by atoms with van der Waals surface area (Å²) >= 11 is 3.48. The fourth-order valence-electron chi connectivity index (χ4n) is 2.81. The van der Waals surface area contributed by atoms with E-state index >= 15 is 0 Å². The van der Waals surface area contributed by atoms with E-state index in [0.717, 1.165) is 51.9 Å². The van der Waals surface area contributed by atoms with Crippen molar-refractivity contribution < 1.29 is 13.2 Å². The van der Waals surface area contributed by atoms with Crippen LogP contribution in [0.2, 0.25) is 0 Å². The van der Waals surface area contributed by atoms with E-state index < -0.39 is 10.0 Å². The lowest BCUT2D eigenvalue weighted by Crippen LogP contribution is -2.22. The summed E-state index contributed by atoms with van der Waals surface area (Å²) in [6.07, 6.45) is 2.56. The number of aryl methyl sites for hydroxylation is 2. The van der Waals surface area contributed by atoms with E-state index in [0.29, 0.717) is 0 Å². The van der Waals surface area contributed by atoms with Crippen molar-refractivity contribution >= 4 is 31.7 Å². The largest absolute Gasteiger partial charge is 0.496 e. The highest BCUT2D eigenvalue weighted by Gasteiger charge is 2.20. The van der Waals surface area contributed by atoms with Gasteiger partial charge in [-0.2, -0.15) is 18.4 Å².